The first kappa shape index (κ1) is 20.2. The topological polar surface area (TPSA) is 77.8 Å². The Morgan fingerprint density at radius 1 is 0.806 bits per heavy atom. The molecule has 4 aromatic rings. The fraction of sp³-hybridized carbons (Fsp3) is 0.120. The van der Waals surface area contributed by atoms with E-state index in [1.54, 1.807) is 6.07 Å². The Labute approximate surface area is 179 Å². The minimum absolute atomic E-state index is 0.119. The van der Waals surface area contributed by atoms with Crippen molar-refractivity contribution in [3.05, 3.63) is 102 Å². The number of carbonyl (C=O) groups is 2. The molecule has 0 saturated carbocycles. The Morgan fingerprint density at radius 3 is 2.26 bits per heavy atom. The molecule has 0 bridgehead atoms. The summed E-state index contributed by atoms with van der Waals surface area (Å²) in [6.45, 7) is 0.0419. The molecule has 6 nitrogen and oxygen atoms in total. The number of rotatable bonds is 8. The van der Waals surface area contributed by atoms with Crippen LogP contribution in [-0.2, 0) is 22.7 Å². The number of hydrogen-bond acceptors (Lipinski definition) is 5. The summed E-state index contributed by atoms with van der Waals surface area (Å²) in [6, 6.07) is 26.0. The molecule has 0 aliphatic heterocycles. The Bertz CT molecular complexity index is 1170. The molecule has 31 heavy (non-hydrogen) atoms. The normalized spacial score (nSPS) is 10.6. The maximum absolute atomic E-state index is 12.8. The van der Waals surface area contributed by atoms with Gasteiger partial charge in [0.1, 0.15) is 31.1 Å². The smallest absolute Gasteiger partial charge is 0.325 e. The maximum Gasteiger partial charge on any atom is 0.325 e. The molecule has 0 saturated heterocycles. The first-order valence-electron chi connectivity index (χ1n) is 9.87. The standard InChI is InChI=1S/C25H21NO5/c27-23(30-16-18-9-3-1-4-10-18)15-26-25(28)24-21(17-29-19-11-5-2-6-12-19)20-13-7-8-14-22(20)31-24/h1-14H,15-17H2,(H,26,28). The van der Waals surface area contributed by atoms with Crippen LogP contribution in [-0.4, -0.2) is 18.4 Å². The van der Waals surface area contributed by atoms with Crippen molar-refractivity contribution in [3.8, 4) is 5.75 Å². The number of carbonyl (C=O) groups excluding carboxylic acids is 2. The number of para-hydroxylation sites is 2. The summed E-state index contributed by atoms with van der Waals surface area (Å²) < 4.78 is 16.8. The van der Waals surface area contributed by atoms with Crippen molar-refractivity contribution in [2.45, 2.75) is 13.2 Å². The lowest BCUT2D eigenvalue weighted by Crippen LogP contribution is -2.31. The summed E-state index contributed by atoms with van der Waals surface area (Å²) in [5, 5.41) is 3.36. The summed E-state index contributed by atoms with van der Waals surface area (Å²) in [7, 11) is 0. The largest absolute Gasteiger partial charge is 0.489 e. The third kappa shape index (κ3) is 5.11. The molecule has 6 heteroatoms. The van der Waals surface area contributed by atoms with E-state index in [2.05, 4.69) is 5.32 Å². The van der Waals surface area contributed by atoms with Crippen LogP contribution < -0.4 is 10.1 Å². The van der Waals surface area contributed by atoms with Crippen LogP contribution in [0.2, 0.25) is 0 Å². The van der Waals surface area contributed by atoms with Crippen LogP contribution >= 0.6 is 0 Å². The van der Waals surface area contributed by atoms with Gasteiger partial charge in [-0.05, 0) is 23.8 Å². The summed E-state index contributed by atoms with van der Waals surface area (Å²) >= 11 is 0. The molecule has 0 aliphatic carbocycles. The molecule has 0 atom stereocenters. The lowest BCUT2D eigenvalue weighted by atomic mass is 10.1. The van der Waals surface area contributed by atoms with Crippen molar-refractivity contribution in [1.29, 1.82) is 0 Å². The molecule has 1 amide bonds. The highest BCUT2D eigenvalue weighted by molar-refractivity contribution is 6.00. The number of hydrogen-bond donors (Lipinski definition) is 1. The summed E-state index contributed by atoms with van der Waals surface area (Å²) in [4.78, 5) is 24.8. The fourth-order valence-corrected chi connectivity index (χ4v) is 3.12. The molecule has 3 aromatic carbocycles. The van der Waals surface area contributed by atoms with Gasteiger partial charge in [-0.15, -0.1) is 0 Å². The second-order valence-corrected chi connectivity index (χ2v) is 6.84. The van der Waals surface area contributed by atoms with E-state index in [0.717, 1.165) is 10.9 Å². The van der Waals surface area contributed by atoms with Crippen molar-refractivity contribution in [2.24, 2.45) is 0 Å². The van der Waals surface area contributed by atoms with E-state index in [1.165, 1.54) is 0 Å². The van der Waals surface area contributed by atoms with Crippen LogP contribution in [0, 0.1) is 0 Å². The van der Waals surface area contributed by atoms with E-state index >= 15 is 0 Å². The van der Waals surface area contributed by atoms with Gasteiger partial charge in [0, 0.05) is 10.9 Å². The van der Waals surface area contributed by atoms with E-state index in [-0.39, 0.29) is 25.5 Å². The zero-order valence-corrected chi connectivity index (χ0v) is 16.7. The van der Waals surface area contributed by atoms with Crippen LogP contribution in [0.3, 0.4) is 0 Å². The third-order valence-electron chi connectivity index (χ3n) is 4.67. The number of esters is 1. The van der Waals surface area contributed by atoms with Crippen LogP contribution in [0.1, 0.15) is 21.7 Å². The molecule has 156 valence electrons. The van der Waals surface area contributed by atoms with Crippen LogP contribution in [0.25, 0.3) is 11.0 Å². The fourth-order valence-electron chi connectivity index (χ4n) is 3.12. The van der Waals surface area contributed by atoms with Gasteiger partial charge in [0.15, 0.2) is 5.76 Å². The predicted octanol–water partition coefficient (Wildman–Crippen LogP) is 4.49. The van der Waals surface area contributed by atoms with E-state index in [9.17, 15) is 9.59 Å². The lowest BCUT2D eigenvalue weighted by Gasteiger charge is -2.08. The van der Waals surface area contributed by atoms with Gasteiger partial charge in [0.05, 0.1) is 0 Å². The molecule has 0 radical (unpaired) electrons. The molecular weight excluding hydrogens is 394 g/mol. The zero-order chi connectivity index (χ0) is 21.5. The van der Waals surface area contributed by atoms with Crippen LogP contribution in [0.5, 0.6) is 5.75 Å². The zero-order valence-electron chi connectivity index (χ0n) is 16.7. The second kappa shape index (κ2) is 9.63. The highest BCUT2D eigenvalue weighted by atomic mass is 16.5. The molecule has 1 heterocycles. The molecule has 0 unspecified atom stereocenters. The Hall–Kier alpha value is -4.06. The van der Waals surface area contributed by atoms with Crippen LogP contribution in [0.4, 0.5) is 0 Å². The third-order valence-corrected chi connectivity index (χ3v) is 4.67. The maximum atomic E-state index is 12.8. The molecule has 4 rings (SSSR count). The number of nitrogens with one attached hydrogen (secondary N) is 1. The number of furan rings is 1. The van der Waals surface area contributed by atoms with Gasteiger partial charge in [-0.25, -0.2) is 0 Å². The monoisotopic (exact) mass is 415 g/mol. The van der Waals surface area contributed by atoms with Gasteiger partial charge in [-0.1, -0.05) is 66.7 Å². The van der Waals surface area contributed by atoms with Gasteiger partial charge in [-0.2, -0.15) is 0 Å². The Balaban J connectivity index is 1.42. The minimum Gasteiger partial charge on any atom is -0.489 e. The predicted molar refractivity (Wildman–Crippen MR) is 116 cm³/mol. The van der Waals surface area contributed by atoms with Crippen molar-refractivity contribution in [1.82, 2.24) is 5.32 Å². The van der Waals surface area contributed by atoms with Crippen molar-refractivity contribution in [2.75, 3.05) is 6.54 Å². The summed E-state index contributed by atoms with van der Waals surface area (Å²) in [6.07, 6.45) is 0. The van der Waals surface area contributed by atoms with Gasteiger partial charge in [0.2, 0.25) is 0 Å². The van der Waals surface area contributed by atoms with E-state index < -0.39 is 11.9 Å². The van der Waals surface area contributed by atoms with Gasteiger partial charge in [-0.3, -0.25) is 9.59 Å². The molecule has 0 aliphatic rings. The molecule has 1 N–H and O–H groups in total. The highest BCUT2D eigenvalue weighted by Gasteiger charge is 2.21. The summed E-state index contributed by atoms with van der Waals surface area (Å²) in [5.74, 6) is -0.230. The van der Waals surface area contributed by atoms with Crippen LogP contribution in [0.15, 0.2) is 89.3 Å². The first-order chi connectivity index (χ1) is 15.2. The van der Waals surface area contributed by atoms with E-state index in [4.69, 9.17) is 13.9 Å². The van der Waals surface area contributed by atoms with Gasteiger partial charge in [0.25, 0.3) is 5.91 Å². The SMILES string of the molecule is O=C(CNC(=O)c1oc2ccccc2c1COc1ccccc1)OCc1ccccc1. The molecule has 0 spiro atoms. The quantitative estimate of drug-likeness (QED) is 0.429. The molecule has 1 aromatic heterocycles. The summed E-state index contributed by atoms with van der Waals surface area (Å²) in [5.41, 5.74) is 2.07. The highest BCUT2D eigenvalue weighted by Crippen LogP contribution is 2.27. The number of amides is 1. The van der Waals surface area contributed by atoms with Crippen molar-refractivity contribution >= 4 is 22.8 Å². The van der Waals surface area contributed by atoms with Crippen molar-refractivity contribution in [3.63, 3.8) is 0 Å². The van der Waals surface area contributed by atoms with Crippen molar-refractivity contribution < 1.29 is 23.5 Å². The van der Waals surface area contributed by atoms with E-state index in [1.807, 2.05) is 78.9 Å². The second-order valence-electron chi connectivity index (χ2n) is 6.84. The number of fused-ring (bicyclic) bond motifs is 1. The van der Waals surface area contributed by atoms with Gasteiger partial charge < -0.3 is 19.2 Å². The Kier molecular flexibility index (Phi) is 6.28. The van der Waals surface area contributed by atoms with Gasteiger partial charge >= 0.3 is 5.97 Å². The average Bonchev–Trinajstić information content (AvgIpc) is 3.20. The number of ether oxygens (including phenoxy) is 2. The molecule has 0 fully saturated rings. The minimum atomic E-state index is -0.532. The first-order valence-corrected chi connectivity index (χ1v) is 9.87. The molecular formula is C25H21NO5. The van der Waals surface area contributed by atoms with E-state index in [0.29, 0.717) is 16.9 Å². The Morgan fingerprint density at radius 2 is 1.48 bits per heavy atom. The average molecular weight is 415 g/mol. The number of benzene rings is 3. The lowest BCUT2D eigenvalue weighted by molar-refractivity contribution is -0.143.